The molecule has 24 heavy (non-hydrogen) atoms. The minimum atomic E-state index is 0.641. The summed E-state index contributed by atoms with van der Waals surface area (Å²) >= 11 is 0. The molecule has 1 saturated carbocycles. The molecule has 0 heteroatoms. The molecular formula is C24H20. The Morgan fingerprint density at radius 3 is 1.92 bits per heavy atom. The number of fused-ring (bicyclic) bond motifs is 3. The van der Waals surface area contributed by atoms with Crippen molar-refractivity contribution in [3.05, 3.63) is 96.1 Å². The molecule has 0 bridgehead atoms. The lowest BCUT2D eigenvalue weighted by Crippen LogP contribution is -2.22. The third-order valence-electron chi connectivity index (χ3n) is 5.70. The second-order valence-corrected chi connectivity index (χ2v) is 6.93. The Morgan fingerprint density at radius 2 is 1.17 bits per heavy atom. The van der Waals surface area contributed by atoms with Crippen molar-refractivity contribution in [3.63, 3.8) is 0 Å². The van der Waals surface area contributed by atoms with Gasteiger partial charge in [0.05, 0.1) is 0 Å². The van der Waals surface area contributed by atoms with Crippen LogP contribution in [0.3, 0.4) is 0 Å². The van der Waals surface area contributed by atoms with Gasteiger partial charge in [0.2, 0.25) is 0 Å². The topological polar surface area (TPSA) is 0 Å². The molecule has 0 aromatic heterocycles. The molecule has 0 saturated heterocycles. The van der Waals surface area contributed by atoms with Crippen LogP contribution < -0.4 is 0 Å². The normalized spacial score (nSPS) is 20.2. The summed E-state index contributed by atoms with van der Waals surface area (Å²) < 4.78 is 0. The van der Waals surface area contributed by atoms with E-state index in [0.29, 0.717) is 11.8 Å². The SMILES string of the molecule is c1ccc(C2CCC2c2cc3ccccc3c3ccccc23)cc1. The van der Waals surface area contributed by atoms with E-state index in [4.69, 9.17) is 0 Å². The van der Waals surface area contributed by atoms with Crippen molar-refractivity contribution < 1.29 is 0 Å². The molecule has 0 spiro atoms. The minimum Gasteiger partial charge on any atom is -0.0622 e. The minimum absolute atomic E-state index is 0.641. The molecule has 0 N–H and O–H groups in total. The van der Waals surface area contributed by atoms with Crippen molar-refractivity contribution in [1.29, 1.82) is 0 Å². The van der Waals surface area contributed by atoms with E-state index in [1.807, 2.05) is 0 Å². The fourth-order valence-electron chi connectivity index (χ4n) is 4.36. The van der Waals surface area contributed by atoms with E-state index >= 15 is 0 Å². The highest BCUT2D eigenvalue weighted by Gasteiger charge is 2.34. The van der Waals surface area contributed by atoms with Crippen LogP contribution in [0.5, 0.6) is 0 Å². The Morgan fingerprint density at radius 1 is 0.542 bits per heavy atom. The van der Waals surface area contributed by atoms with E-state index in [9.17, 15) is 0 Å². The summed E-state index contributed by atoms with van der Waals surface area (Å²) in [4.78, 5) is 0. The van der Waals surface area contributed by atoms with Crippen LogP contribution in [0.4, 0.5) is 0 Å². The smallest absolute Gasteiger partial charge is 0.00865 e. The number of hydrogen-bond donors (Lipinski definition) is 0. The lowest BCUT2D eigenvalue weighted by molar-refractivity contribution is 0.349. The average Bonchev–Trinajstić information content (AvgIpc) is 2.62. The van der Waals surface area contributed by atoms with Gasteiger partial charge in [-0.05, 0) is 57.3 Å². The molecule has 116 valence electrons. The van der Waals surface area contributed by atoms with E-state index in [2.05, 4.69) is 84.9 Å². The maximum Gasteiger partial charge on any atom is -0.00865 e. The standard InChI is InChI=1S/C24H20/c1-2-8-17(9-3-1)20-14-15-23(20)24-16-18-10-4-5-11-19(18)21-12-6-7-13-22(21)24/h1-13,16,20,23H,14-15H2. The van der Waals surface area contributed by atoms with E-state index in [1.165, 1.54) is 45.5 Å². The third kappa shape index (κ3) is 2.06. The Labute approximate surface area is 142 Å². The van der Waals surface area contributed by atoms with Gasteiger partial charge in [0.25, 0.3) is 0 Å². The molecule has 4 aromatic carbocycles. The lowest BCUT2D eigenvalue weighted by atomic mass is 9.66. The van der Waals surface area contributed by atoms with Crippen LogP contribution in [0, 0.1) is 0 Å². The molecule has 5 rings (SSSR count). The zero-order chi connectivity index (χ0) is 15.9. The van der Waals surface area contributed by atoms with Crippen LogP contribution in [0.1, 0.15) is 35.8 Å². The first kappa shape index (κ1) is 13.8. The third-order valence-corrected chi connectivity index (χ3v) is 5.70. The van der Waals surface area contributed by atoms with Crippen molar-refractivity contribution in [3.8, 4) is 0 Å². The van der Waals surface area contributed by atoms with Crippen molar-refractivity contribution in [2.24, 2.45) is 0 Å². The lowest BCUT2D eigenvalue weighted by Gasteiger charge is -2.38. The molecule has 0 aliphatic heterocycles. The molecule has 2 atom stereocenters. The summed E-state index contributed by atoms with van der Waals surface area (Å²) in [5.41, 5.74) is 3.02. The monoisotopic (exact) mass is 308 g/mol. The van der Waals surface area contributed by atoms with Crippen molar-refractivity contribution >= 4 is 21.5 Å². The van der Waals surface area contributed by atoms with E-state index in [1.54, 1.807) is 0 Å². The Hall–Kier alpha value is -2.60. The van der Waals surface area contributed by atoms with Gasteiger partial charge in [-0.15, -0.1) is 0 Å². The summed E-state index contributed by atoms with van der Waals surface area (Å²) in [5, 5.41) is 5.56. The molecule has 2 unspecified atom stereocenters. The zero-order valence-corrected chi connectivity index (χ0v) is 13.7. The fraction of sp³-hybridized carbons (Fsp3) is 0.167. The number of rotatable bonds is 2. The largest absolute Gasteiger partial charge is 0.0622 e. The van der Waals surface area contributed by atoms with Gasteiger partial charge < -0.3 is 0 Å². The summed E-state index contributed by atoms with van der Waals surface area (Å²) in [5.74, 6) is 1.30. The van der Waals surface area contributed by atoms with Crippen LogP contribution in [-0.2, 0) is 0 Å². The van der Waals surface area contributed by atoms with Gasteiger partial charge in [-0.3, -0.25) is 0 Å². The van der Waals surface area contributed by atoms with E-state index in [0.717, 1.165) is 0 Å². The molecule has 1 aliphatic rings. The van der Waals surface area contributed by atoms with E-state index in [-0.39, 0.29) is 0 Å². The maximum absolute atomic E-state index is 2.44. The van der Waals surface area contributed by atoms with Crippen molar-refractivity contribution in [2.45, 2.75) is 24.7 Å². The van der Waals surface area contributed by atoms with Gasteiger partial charge in [0.1, 0.15) is 0 Å². The van der Waals surface area contributed by atoms with Gasteiger partial charge >= 0.3 is 0 Å². The number of hydrogen-bond acceptors (Lipinski definition) is 0. The molecule has 0 nitrogen and oxygen atoms in total. The summed E-state index contributed by atoms with van der Waals surface area (Å²) in [6, 6.07) is 31.2. The number of benzene rings is 4. The molecule has 0 heterocycles. The highest BCUT2D eigenvalue weighted by molar-refractivity contribution is 6.09. The second-order valence-electron chi connectivity index (χ2n) is 6.93. The molecule has 4 aromatic rings. The van der Waals surface area contributed by atoms with Crippen LogP contribution in [0.15, 0.2) is 84.9 Å². The van der Waals surface area contributed by atoms with E-state index < -0.39 is 0 Å². The summed E-state index contributed by atoms with van der Waals surface area (Å²) in [6.07, 6.45) is 2.59. The van der Waals surface area contributed by atoms with Gasteiger partial charge in [0, 0.05) is 0 Å². The Kier molecular flexibility index (Phi) is 3.16. The average molecular weight is 308 g/mol. The highest BCUT2D eigenvalue weighted by Crippen LogP contribution is 2.51. The Balaban J connectivity index is 1.71. The van der Waals surface area contributed by atoms with Crippen LogP contribution in [-0.4, -0.2) is 0 Å². The predicted molar refractivity (Wildman–Crippen MR) is 103 cm³/mol. The first-order chi connectivity index (χ1) is 11.9. The van der Waals surface area contributed by atoms with Crippen LogP contribution in [0.2, 0.25) is 0 Å². The molecule has 1 fully saturated rings. The van der Waals surface area contributed by atoms with Crippen LogP contribution >= 0.6 is 0 Å². The van der Waals surface area contributed by atoms with Gasteiger partial charge in [-0.1, -0.05) is 84.9 Å². The predicted octanol–water partition coefficient (Wildman–Crippen LogP) is 6.65. The molecular weight excluding hydrogens is 288 g/mol. The van der Waals surface area contributed by atoms with Crippen molar-refractivity contribution in [2.75, 3.05) is 0 Å². The van der Waals surface area contributed by atoms with Crippen molar-refractivity contribution in [1.82, 2.24) is 0 Å². The molecule has 0 radical (unpaired) electrons. The molecule has 1 aliphatic carbocycles. The molecule has 0 amide bonds. The zero-order valence-electron chi connectivity index (χ0n) is 13.7. The maximum atomic E-state index is 2.44. The highest BCUT2D eigenvalue weighted by atomic mass is 14.4. The first-order valence-corrected chi connectivity index (χ1v) is 8.87. The van der Waals surface area contributed by atoms with Gasteiger partial charge in [-0.2, -0.15) is 0 Å². The first-order valence-electron chi connectivity index (χ1n) is 8.87. The quantitative estimate of drug-likeness (QED) is 0.363. The second kappa shape index (κ2) is 5.49. The fourth-order valence-corrected chi connectivity index (χ4v) is 4.36. The van der Waals surface area contributed by atoms with Gasteiger partial charge in [0.15, 0.2) is 0 Å². The van der Waals surface area contributed by atoms with Crippen LogP contribution in [0.25, 0.3) is 21.5 Å². The summed E-state index contributed by atoms with van der Waals surface area (Å²) in [6.45, 7) is 0. The summed E-state index contributed by atoms with van der Waals surface area (Å²) in [7, 11) is 0. The Bertz CT molecular complexity index is 1010. The van der Waals surface area contributed by atoms with Gasteiger partial charge in [-0.25, -0.2) is 0 Å².